The minimum Gasteiger partial charge on any atom is -0.858 e. The maximum Gasteiger partial charge on any atom is 0.331 e. The second-order valence-electron chi connectivity index (χ2n) is 8.28. The number of rotatable bonds is 5. The third-order valence-corrected chi connectivity index (χ3v) is 6.71. The highest BCUT2D eigenvalue weighted by Crippen LogP contribution is 2.39. The van der Waals surface area contributed by atoms with Gasteiger partial charge in [0, 0.05) is 17.7 Å². The van der Waals surface area contributed by atoms with E-state index in [4.69, 9.17) is 23.2 Å². The molecule has 1 aliphatic rings. The van der Waals surface area contributed by atoms with Crippen molar-refractivity contribution >= 4 is 52.0 Å². The Hall–Kier alpha value is -3.94. The highest BCUT2D eigenvalue weighted by Gasteiger charge is 2.47. The molecule has 0 saturated carbocycles. The van der Waals surface area contributed by atoms with Gasteiger partial charge in [0.1, 0.15) is 5.57 Å². The van der Waals surface area contributed by atoms with E-state index >= 15 is 0 Å². The Bertz CT molecular complexity index is 1540. The van der Waals surface area contributed by atoms with Crippen LogP contribution in [-0.2, 0) is 16.0 Å². The maximum atomic E-state index is 13.9. The van der Waals surface area contributed by atoms with Gasteiger partial charge in [-0.05, 0) is 49.6 Å². The highest BCUT2D eigenvalue weighted by atomic mass is 35.5. The van der Waals surface area contributed by atoms with Gasteiger partial charge in [-0.3, -0.25) is 9.59 Å². The van der Waals surface area contributed by atoms with Crippen LogP contribution in [0.3, 0.4) is 0 Å². The van der Waals surface area contributed by atoms with Crippen LogP contribution in [-0.4, -0.2) is 21.6 Å². The average Bonchev–Trinajstić information content (AvgIpc) is 3.34. The molecule has 0 fully saturated rings. The Labute approximate surface area is 217 Å². The number of hydrogen-bond donors (Lipinski definition) is 0. The first-order valence-corrected chi connectivity index (χ1v) is 12.0. The smallest absolute Gasteiger partial charge is 0.331 e. The molecule has 7 nitrogen and oxygen atoms in total. The molecule has 4 aromatic rings. The number of halogens is 2. The van der Waals surface area contributed by atoms with Gasteiger partial charge in [-0.1, -0.05) is 53.9 Å². The van der Waals surface area contributed by atoms with E-state index in [1.54, 1.807) is 59.4 Å². The zero-order valence-corrected chi connectivity index (χ0v) is 20.9. The maximum absolute atomic E-state index is 13.9. The first-order valence-electron chi connectivity index (χ1n) is 11.2. The minimum absolute atomic E-state index is 0.00457. The van der Waals surface area contributed by atoms with Crippen LogP contribution in [0.4, 0.5) is 5.69 Å². The van der Waals surface area contributed by atoms with Crippen molar-refractivity contribution < 1.29 is 19.3 Å². The van der Waals surface area contributed by atoms with Gasteiger partial charge >= 0.3 is 5.91 Å². The normalized spacial score (nSPS) is 13.7. The number of amides is 2. The fraction of sp³-hybridized carbons (Fsp3) is 0.111. The summed E-state index contributed by atoms with van der Waals surface area (Å²) in [5.41, 5.74) is 2.37. The molecule has 3 heterocycles. The monoisotopic (exact) mass is 518 g/mol. The average molecular weight is 519 g/mol. The Morgan fingerprint density at radius 1 is 0.917 bits per heavy atom. The Morgan fingerprint density at radius 2 is 1.58 bits per heavy atom. The number of carbonyl (C=O) groups excluding carboxylic acids is 2. The minimum atomic E-state index is -0.587. The number of imide groups is 1. The SMILES string of the molecule is CCc1nn(-c2ccc(Cl)c(Cl)c2)c([O-])c1C1=C([n+]2ccccc2)C(=O)N(c2ccc(C)cc2)C1=O. The molecule has 1 aliphatic heterocycles. The first kappa shape index (κ1) is 23.8. The second kappa shape index (κ2) is 9.26. The van der Waals surface area contributed by atoms with E-state index in [0.717, 1.165) is 10.5 Å². The topological polar surface area (TPSA) is 82.1 Å². The van der Waals surface area contributed by atoms with Crippen molar-refractivity contribution in [2.75, 3.05) is 4.90 Å². The van der Waals surface area contributed by atoms with E-state index in [2.05, 4.69) is 5.10 Å². The van der Waals surface area contributed by atoms with E-state index in [9.17, 15) is 14.7 Å². The van der Waals surface area contributed by atoms with E-state index in [0.29, 0.717) is 28.5 Å². The van der Waals surface area contributed by atoms with Crippen molar-refractivity contribution in [3.8, 4) is 11.6 Å². The molecule has 0 spiro atoms. The standard InChI is InChI=1S/C27H20Cl2N4O3/c1-3-21-22(26(35)33(30-21)18-11-12-19(28)20(29)15-18)23-24(31-13-5-4-6-14-31)27(36)32(25(23)34)17-9-7-16(2)8-10-17/h4-15H,3H2,1-2H3. The summed E-state index contributed by atoms with van der Waals surface area (Å²) >= 11 is 12.2. The number of aromatic nitrogens is 3. The van der Waals surface area contributed by atoms with Gasteiger partial charge in [0.15, 0.2) is 12.4 Å². The van der Waals surface area contributed by atoms with Crippen molar-refractivity contribution in [2.45, 2.75) is 20.3 Å². The van der Waals surface area contributed by atoms with Gasteiger partial charge in [-0.25, -0.2) is 9.58 Å². The molecular weight excluding hydrogens is 499 g/mol. The molecule has 2 aromatic carbocycles. The molecule has 0 saturated heterocycles. The third kappa shape index (κ3) is 3.86. The van der Waals surface area contributed by atoms with Crippen LogP contribution in [0.25, 0.3) is 17.0 Å². The summed E-state index contributed by atoms with van der Waals surface area (Å²) in [6.45, 7) is 3.75. The quantitative estimate of drug-likeness (QED) is 0.290. The predicted octanol–water partition coefficient (Wildman–Crippen LogP) is 4.35. The van der Waals surface area contributed by atoms with Gasteiger partial charge in [0.05, 0.1) is 27.1 Å². The molecule has 0 unspecified atom stereocenters. The molecule has 0 bridgehead atoms. The lowest BCUT2D eigenvalue weighted by Crippen LogP contribution is -2.39. The fourth-order valence-electron chi connectivity index (χ4n) is 4.20. The van der Waals surface area contributed by atoms with Crippen LogP contribution in [0.5, 0.6) is 5.88 Å². The predicted molar refractivity (Wildman–Crippen MR) is 136 cm³/mol. The van der Waals surface area contributed by atoms with E-state index in [-0.39, 0.29) is 21.9 Å². The number of carbonyl (C=O) groups is 2. The van der Waals surface area contributed by atoms with Crippen LogP contribution in [0.2, 0.25) is 10.0 Å². The van der Waals surface area contributed by atoms with Crippen molar-refractivity contribution in [1.29, 1.82) is 0 Å². The molecule has 2 aromatic heterocycles. The Morgan fingerprint density at radius 3 is 2.22 bits per heavy atom. The zero-order valence-electron chi connectivity index (χ0n) is 19.4. The number of nitrogens with zero attached hydrogens (tertiary/aromatic N) is 4. The van der Waals surface area contributed by atoms with Crippen molar-refractivity contribution in [1.82, 2.24) is 9.78 Å². The summed E-state index contributed by atoms with van der Waals surface area (Å²) in [7, 11) is 0. The first-order chi connectivity index (χ1) is 17.3. The number of pyridine rings is 1. The van der Waals surface area contributed by atoms with Gasteiger partial charge in [-0.2, -0.15) is 9.67 Å². The van der Waals surface area contributed by atoms with Crippen molar-refractivity contribution in [3.63, 3.8) is 0 Å². The largest absolute Gasteiger partial charge is 0.858 e. The van der Waals surface area contributed by atoms with Gasteiger partial charge in [0.2, 0.25) is 0 Å². The van der Waals surface area contributed by atoms with Crippen LogP contribution in [0.1, 0.15) is 23.7 Å². The van der Waals surface area contributed by atoms with Crippen LogP contribution in [0, 0.1) is 6.92 Å². The lowest BCUT2D eigenvalue weighted by molar-refractivity contribution is -0.576. The number of benzene rings is 2. The van der Waals surface area contributed by atoms with E-state index < -0.39 is 17.7 Å². The summed E-state index contributed by atoms with van der Waals surface area (Å²) in [6.07, 6.45) is 3.69. The molecule has 2 amide bonds. The van der Waals surface area contributed by atoms with Gasteiger partial charge in [0.25, 0.3) is 11.6 Å². The Kier molecular flexibility index (Phi) is 6.12. The molecule has 5 rings (SSSR count). The molecule has 36 heavy (non-hydrogen) atoms. The molecule has 0 N–H and O–H groups in total. The Balaban J connectivity index is 1.75. The van der Waals surface area contributed by atoms with Crippen LogP contribution < -0.4 is 14.6 Å². The van der Waals surface area contributed by atoms with E-state index in [1.807, 2.05) is 26.0 Å². The summed E-state index contributed by atoms with van der Waals surface area (Å²) in [5, 5.41) is 18.8. The molecular formula is C27H20Cl2N4O3. The molecule has 0 radical (unpaired) electrons. The summed E-state index contributed by atoms with van der Waals surface area (Å²) in [4.78, 5) is 28.7. The summed E-state index contributed by atoms with van der Waals surface area (Å²) < 4.78 is 2.74. The number of aryl methyl sites for hydroxylation is 2. The lowest BCUT2D eigenvalue weighted by atomic mass is 10.0. The van der Waals surface area contributed by atoms with Crippen molar-refractivity contribution in [3.05, 3.63) is 99.9 Å². The zero-order chi connectivity index (χ0) is 25.6. The van der Waals surface area contributed by atoms with Crippen LogP contribution in [0.15, 0.2) is 73.1 Å². The van der Waals surface area contributed by atoms with Gasteiger partial charge in [-0.15, -0.1) is 0 Å². The second-order valence-corrected chi connectivity index (χ2v) is 9.09. The number of anilines is 1. The number of hydrogen-bond acceptors (Lipinski definition) is 4. The summed E-state index contributed by atoms with van der Waals surface area (Å²) in [5.74, 6) is -1.64. The third-order valence-electron chi connectivity index (χ3n) is 5.97. The fourth-order valence-corrected chi connectivity index (χ4v) is 4.49. The van der Waals surface area contributed by atoms with Gasteiger partial charge < -0.3 is 5.11 Å². The highest BCUT2D eigenvalue weighted by molar-refractivity contribution is 6.53. The molecule has 0 aliphatic carbocycles. The lowest BCUT2D eigenvalue weighted by Gasteiger charge is -2.16. The van der Waals surface area contributed by atoms with Crippen molar-refractivity contribution in [2.24, 2.45) is 0 Å². The molecule has 9 heteroatoms. The molecule has 0 atom stereocenters. The molecule has 180 valence electrons. The van der Waals surface area contributed by atoms with E-state index in [1.165, 1.54) is 10.7 Å². The van der Waals surface area contributed by atoms with Crippen LogP contribution >= 0.6 is 23.2 Å². The summed E-state index contributed by atoms with van der Waals surface area (Å²) in [6, 6.07) is 17.1.